The van der Waals surface area contributed by atoms with Crippen LogP contribution in [0.2, 0.25) is 0 Å². The van der Waals surface area contributed by atoms with Crippen molar-refractivity contribution in [3.05, 3.63) is 35.4 Å². The van der Waals surface area contributed by atoms with Gasteiger partial charge in [-0.2, -0.15) is 0 Å². The Morgan fingerprint density at radius 3 is 2.40 bits per heavy atom. The lowest BCUT2D eigenvalue weighted by molar-refractivity contribution is -0.133. The number of hydrogen-bond acceptors (Lipinski definition) is 2. The number of rotatable bonds is 4. The number of benzene rings is 1. The molecular formula is C17H26N2O. The van der Waals surface area contributed by atoms with Crippen LogP contribution in [-0.4, -0.2) is 23.4 Å². The van der Waals surface area contributed by atoms with Gasteiger partial charge in [-0.15, -0.1) is 0 Å². The molecule has 1 aromatic carbocycles. The van der Waals surface area contributed by atoms with Gasteiger partial charge in [-0.25, -0.2) is 0 Å². The second-order valence-corrected chi connectivity index (χ2v) is 6.34. The fourth-order valence-corrected chi connectivity index (χ4v) is 2.97. The van der Waals surface area contributed by atoms with Gasteiger partial charge in [0.05, 0.1) is 6.04 Å². The van der Waals surface area contributed by atoms with Gasteiger partial charge in [0.1, 0.15) is 0 Å². The number of nitrogens with zero attached hydrogens (tertiary/aromatic N) is 1. The predicted octanol–water partition coefficient (Wildman–Crippen LogP) is 3.18. The topological polar surface area (TPSA) is 46.3 Å². The SMILES string of the molecule is Cc1ccc(C(C)N(C)C(=O)CC2(N)CCCC2)cc1. The van der Waals surface area contributed by atoms with Crippen molar-refractivity contribution in [3.8, 4) is 0 Å². The van der Waals surface area contributed by atoms with E-state index in [4.69, 9.17) is 5.73 Å². The number of amides is 1. The van der Waals surface area contributed by atoms with Gasteiger partial charge < -0.3 is 10.6 Å². The molecule has 20 heavy (non-hydrogen) atoms. The van der Waals surface area contributed by atoms with Gasteiger partial charge in [-0.3, -0.25) is 4.79 Å². The highest BCUT2D eigenvalue weighted by atomic mass is 16.2. The smallest absolute Gasteiger partial charge is 0.224 e. The second-order valence-electron chi connectivity index (χ2n) is 6.34. The van der Waals surface area contributed by atoms with E-state index in [0.717, 1.165) is 25.7 Å². The quantitative estimate of drug-likeness (QED) is 0.916. The van der Waals surface area contributed by atoms with Gasteiger partial charge in [-0.05, 0) is 32.3 Å². The summed E-state index contributed by atoms with van der Waals surface area (Å²) in [5.74, 6) is 0.155. The van der Waals surface area contributed by atoms with Crippen LogP contribution in [0.1, 0.15) is 56.2 Å². The molecule has 3 heteroatoms. The maximum Gasteiger partial charge on any atom is 0.224 e. The molecule has 110 valence electrons. The lowest BCUT2D eigenvalue weighted by atomic mass is 9.93. The molecular weight excluding hydrogens is 248 g/mol. The zero-order chi connectivity index (χ0) is 14.8. The number of carbonyl (C=O) groups is 1. The molecule has 0 spiro atoms. The number of aryl methyl sites for hydroxylation is 1. The van der Waals surface area contributed by atoms with Crippen LogP contribution < -0.4 is 5.73 Å². The molecule has 1 aliphatic carbocycles. The Labute approximate surface area is 122 Å². The van der Waals surface area contributed by atoms with Gasteiger partial charge in [0.2, 0.25) is 5.91 Å². The van der Waals surface area contributed by atoms with E-state index in [1.807, 2.05) is 11.9 Å². The van der Waals surface area contributed by atoms with Crippen molar-refractivity contribution in [2.24, 2.45) is 5.73 Å². The Balaban J connectivity index is 2.00. The predicted molar refractivity (Wildman–Crippen MR) is 82.4 cm³/mol. The number of hydrogen-bond donors (Lipinski definition) is 1. The second kappa shape index (κ2) is 5.96. The van der Waals surface area contributed by atoms with Crippen molar-refractivity contribution < 1.29 is 4.79 Å². The summed E-state index contributed by atoms with van der Waals surface area (Å²) in [7, 11) is 1.88. The maximum atomic E-state index is 12.4. The standard InChI is InChI=1S/C17H26N2O/c1-13-6-8-15(9-7-13)14(2)19(3)16(20)12-17(18)10-4-5-11-17/h6-9,14H,4-5,10-12,18H2,1-3H3. The van der Waals surface area contributed by atoms with Crippen molar-refractivity contribution in [2.45, 2.75) is 57.5 Å². The van der Waals surface area contributed by atoms with E-state index in [0.29, 0.717) is 6.42 Å². The minimum atomic E-state index is -0.266. The Kier molecular flexibility index (Phi) is 4.48. The highest BCUT2D eigenvalue weighted by Crippen LogP contribution is 2.31. The van der Waals surface area contributed by atoms with Crippen molar-refractivity contribution in [1.29, 1.82) is 0 Å². The van der Waals surface area contributed by atoms with Crippen LogP contribution in [0.4, 0.5) is 0 Å². The fraction of sp³-hybridized carbons (Fsp3) is 0.588. The van der Waals surface area contributed by atoms with Crippen LogP contribution >= 0.6 is 0 Å². The molecule has 0 aliphatic heterocycles. The zero-order valence-corrected chi connectivity index (χ0v) is 12.9. The van der Waals surface area contributed by atoms with Crippen LogP contribution in [0.3, 0.4) is 0 Å². The molecule has 0 bridgehead atoms. The highest BCUT2D eigenvalue weighted by molar-refractivity contribution is 5.77. The van der Waals surface area contributed by atoms with Crippen molar-refractivity contribution in [1.82, 2.24) is 4.90 Å². The van der Waals surface area contributed by atoms with Crippen LogP contribution in [0.15, 0.2) is 24.3 Å². The molecule has 0 heterocycles. The normalized spacial score (nSPS) is 18.8. The Hall–Kier alpha value is -1.35. The Morgan fingerprint density at radius 2 is 1.85 bits per heavy atom. The first-order chi connectivity index (χ1) is 9.41. The Bertz CT molecular complexity index is 460. The molecule has 1 fully saturated rings. The minimum absolute atomic E-state index is 0.0908. The lowest BCUT2D eigenvalue weighted by Gasteiger charge is -2.30. The molecule has 3 nitrogen and oxygen atoms in total. The molecule has 0 saturated heterocycles. The monoisotopic (exact) mass is 274 g/mol. The van der Waals surface area contributed by atoms with Gasteiger partial charge in [-0.1, -0.05) is 42.7 Å². The first-order valence-electron chi connectivity index (χ1n) is 7.52. The zero-order valence-electron chi connectivity index (χ0n) is 12.9. The highest BCUT2D eigenvalue weighted by Gasteiger charge is 2.33. The van der Waals surface area contributed by atoms with Gasteiger partial charge in [0.15, 0.2) is 0 Å². The first-order valence-corrected chi connectivity index (χ1v) is 7.52. The molecule has 1 atom stereocenters. The summed E-state index contributed by atoms with van der Waals surface area (Å²) in [5.41, 5.74) is 8.45. The van der Waals surface area contributed by atoms with E-state index >= 15 is 0 Å². The average molecular weight is 274 g/mol. The van der Waals surface area contributed by atoms with Crippen LogP contribution in [-0.2, 0) is 4.79 Å². The lowest BCUT2D eigenvalue weighted by Crippen LogP contribution is -2.43. The van der Waals surface area contributed by atoms with E-state index in [1.165, 1.54) is 11.1 Å². The van der Waals surface area contributed by atoms with Gasteiger partial charge in [0, 0.05) is 19.0 Å². The summed E-state index contributed by atoms with van der Waals surface area (Å²) in [5, 5.41) is 0. The van der Waals surface area contributed by atoms with E-state index < -0.39 is 0 Å². The fourth-order valence-electron chi connectivity index (χ4n) is 2.97. The van der Waals surface area contributed by atoms with Gasteiger partial charge >= 0.3 is 0 Å². The summed E-state index contributed by atoms with van der Waals surface area (Å²) in [6.07, 6.45) is 4.73. The summed E-state index contributed by atoms with van der Waals surface area (Å²) >= 11 is 0. The number of nitrogens with two attached hydrogens (primary N) is 1. The van der Waals surface area contributed by atoms with E-state index in [1.54, 1.807) is 0 Å². The summed E-state index contributed by atoms with van der Waals surface area (Å²) in [6.45, 7) is 4.14. The Morgan fingerprint density at radius 1 is 1.30 bits per heavy atom. The summed E-state index contributed by atoms with van der Waals surface area (Å²) in [4.78, 5) is 14.3. The van der Waals surface area contributed by atoms with Gasteiger partial charge in [0.25, 0.3) is 0 Å². The van der Waals surface area contributed by atoms with E-state index in [-0.39, 0.29) is 17.5 Å². The van der Waals surface area contributed by atoms with Crippen LogP contribution in [0.25, 0.3) is 0 Å². The van der Waals surface area contributed by atoms with Crippen molar-refractivity contribution in [2.75, 3.05) is 7.05 Å². The molecule has 2 rings (SSSR count). The molecule has 0 radical (unpaired) electrons. The molecule has 1 aliphatic rings. The molecule has 1 saturated carbocycles. The third-order valence-electron chi connectivity index (χ3n) is 4.64. The minimum Gasteiger partial charge on any atom is -0.339 e. The number of carbonyl (C=O) groups excluding carboxylic acids is 1. The van der Waals surface area contributed by atoms with Crippen LogP contribution in [0, 0.1) is 6.92 Å². The first kappa shape index (κ1) is 15.0. The summed E-state index contributed by atoms with van der Waals surface area (Å²) in [6, 6.07) is 8.46. The van der Waals surface area contributed by atoms with E-state index in [2.05, 4.69) is 38.1 Å². The maximum absolute atomic E-state index is 12.4. The molecule has 1 unspecified atom stereocenters. The third kappa shape index (κ3) is 3.40. The van der Waals surface area contributed by atoms with E-state index in [9.17, 15) is 4.79 Å². The van der Waals surface area contributed by atoms with Crippen molar-refractivity contribution in [3.63, 3.8) is 0 Å². The van der Waals surface area contributed by atoms with Crippen LogP contribution in [0.5, 0.6) is 0 Å². The largest absolute Gasteiger partial charge is 0.339 e. The molecule has 0 aromatic heterocycles. The average Bonchev–Trinajstić information content (AvgIpc) is 2.84. The molecule has 2 N–H and O–H groups in total. The summed E-state index contributed by atoms with van der Waals surface area (Å²) < 4.78 is 0. The molecule has 1 amide bonds. The molecule has 1 aromatic rings. The van der Waals surface area contributed by atoms with Crippen molar-refractivity contribution >= 4 is 5.91 Å². The third-order valence-corrected chi connectivity index (χ3v) is 4.64.